The topological polar surface area (TPSA) is 81.9 Å². The zero-order valence-electron chi connectivity index (χ0n) is 16.1. The van der Waals surface area contributed by atoms with Gasteiger partial charge in [-0.2, -0.15) is 0 Å². The summed E-state index contributed by atoms with van der Waals surface area (Å²) in [5.74, 6) is 0. The second-order valence-corrected chi connectivity index (χ2v) is 6.61. The van der Waals surface area contributed by atoms with Crippen LogP contribution in [0.25, 0.3) is 11.0 Å². The minimum Gasteiger partial charge on any atom is -0.404 e. The predicted molar refractivity (Wildman–Crippen MR) is 112 cm³/mol. The lowest BCUT2D eigenvalue weighted by atomic mass is 10.2. The Bertz CT molecular complexity index is 1160. The van der Waals surface area contributed by atoms with E-state index in [9.17, 15) is 4.79 Å². The smallest absolute Gasteiger partial charge is 0.287 e. The van der Waals surface area contributed by atoms with Gasteiger partial charge < -0.3 is 10.2 Å². The maximum atomic E-state index is 12.7. The predicted octanol–water partition coefficient (Wildman–Crippen LogP) is 2.78. The van der Waals surface area contributed by atoms with Crippen LogP contribution in [-0.2, 0) is 13.0 Å². The Labute approximate surface area is 168 Å². The van der Waals surface area contributed by atoms with Crippen molar-refractivity contribution in [2.24, 2.45) is 0 Å². The van der Waals surface area contributed by atoms with Crippen molar-refractivity contribution in [2.75, 3.05) is 11.9 Å². The van der Waals surface area contributed by atoms with Gasteiger partial charge in [0.2, 0.25) is 0 Å². The highest BCUT2D eigenvalue weighted by Gasteiger charge is 2.14. The van der Waals surface area contributed by atoms with Crippen LogP contribution in [0.2, 0.25) is 0 Å². The van der Waals surface area contributed by atoms with Crippen LogP contribution in [0.1, 0.15) is 17.0 Å². The van der Waals surface area contributed by atoms with Gasteiger partial charge in [0.05, 0.1) is 16.8 Å². The second-order valence-electron chi connectivity index (χ2n) is 6.61. The molecule has 0 saturated heterocycles. The highest BCUT2D eigenvalue weighted by Crippen LogP contribution is 2.22. The first-order valence-corrected chi connectivity index (χ1v) is 9.41. The van der Waals surface area contributed by atoms with E-state index in [-0.39, 0.29) is 12.2 Å². The molecule has 7 nitrogen and oxygen atoms in total. The van der Waals surface area contributed by atoms with Gasteiger partial charge >= 0.3 is 0 Å². The highest BCUT2D eigenvalue weighted by molar-refractivity contribution is 5.90. The first-order chi connectivity index (χ1) is 14.2. The second kappa shape index (κ2) is 8.52. The van der Waals surface area contributed by atoms with Crippen LogP contribution in [0.4, 0.5) is 5.69 Å². The van der Waals surface area contributed by atoms with Crippen molar-refractivity contribution in [1.82, 2.24) is 19.7 Å². The summed E-state index contributed by atoms with van der Waals surface area (Å²) in [5.41, 5.74) is 3.58. The fourth-order valence-electron chi connectivity index (χ4n) is 3.14. The van der Waals surface area contributed by atoms with E-state index in [1.54, 1.807) is 6.20 Å². The zero-order valence-corrected chi connectivity index (χ0v) is 16.1. The van der Waals surface area contributed by atoms with Gasteiger partial charge in [0.25, 0.3) is 5.56 Å². The van der Waals surface area contributed by atoms with Gasteiger partial charge in [-0.3, -0.25) is 9.78 Å². The molecule has 1 N–H and O–H groups in total. The zero-order chi connectivity index (χ0) is 20.1. The molecule has 0 atom stereocenters. The molecule has 0 unspecified atom stereocenters. The fraction of sp³-hybridized carbons (Fsp3) is 0.182. The third kappa shape index (κ3) is 4.24. The Morgan fingerprint density at radius 1 is 1.03 bits per heavy atom. The lowest BCUT2D eigenvalue weighted by molar-refractivity contribution is 0.0979. The average molecular weight is 387 g/mol. The molecule has 1 aromatic carbocycles. The maximum Gasteiger partial charge on any atom is 0.287 e. The maximum absolute atomic E-state index is 12.7. The molecule has 0 saturated carbocycles. The lowest BCUT2D eigenvalue weighted by Gasteiger charge is -2.15. The molecule has 0 amide bonds. The molecule has 0 spiro atoms. The number of rotatable bonds is 7. The quantitative estimate of drug-likeness (QED) is 0.525. The Kier molecular flexibility index (Phi) is 5.47. The molecular formula is C22H21N5O2. The van der Waals surface area contributed by atoms with Crippen LogP contribution < -0.4 is 15.7 Å². The van der Waals surface area contributed by atoms with Crippen LogP contribution in [0.15, 0.2) is 71.9 Å². The van der Waals surface area contributed by atoms with Crippen LogP contribution in [0.3, 0.4) is 0 Å². The molecule has 146 valence electrons. The summed E-state index contributed by atoms with van der Waals surface area (Å²) in [7, 11) is 0. The number of nitrogens with zero attached hydrogens (tertiary/aromatic N) is 4. The Balaban J connectivity index is 1.61. The van der Waals surface area contributed by atoms with Gasteiger partial charge in [-0.05, 0) is 24.6 Å². The number of fused-ring (bicyclic) bond motifs is 1. The van der Waals surface area contributed by atoms with Crippen LogP contribution in [0, 0.1) is 6.92 Å². The van der Waals surface area contributed by atoms with E-state index < -0.39 is 0 Å². The number of benzene rings is 1. The molecule has 0 bridgehead atoms. The van der Waals surface area contributed by atoms with Crippen molar-refractivity contribution in [1.29, 1.82) is 0 Å². The number of hydrogen-bond acceptors (Lipinski definition) is 6. The lowest BCUT2D eigenvalue weighted by Crippen LogP contribution is -2.28. The molecular weight excluding hydrogens is 366 g/mol. The molecule has 4 rings (SSSR count). The Hall–Kier alpha value is -3.74. The average Bonchev–Trinajstić information content (AvgIpc) is 2.75. The Morgan fingerprint density at radius 2 is 1.86 bits per heavy atom. The van der Waals surface area contributed by atoms with Crippen molar-refractivity contribution < 1.29 is 4.84 Å². The summed E-state index contributed by atoms with van der Waals surface area (Å²) in [4.78, 5) is 31.5. The van der Waals surface area contributed by atoms with Crippen molar-refractivity contribution in [3.05, 3.63) is 94.4 Å². The number of pyridine rings is 2. The third-order valence-corrected chi connectivity index (χ3v) is 4.57. The minimum atomic E-state index is -0.285. The molecule has 0 aliphatic heterocycles. The number of anilines is 1. The normalized spacial score (nSPS) is 10.8. The van der Waals surface area contributed by atoms with Crippen molar-refractivity contribution in [2.45, 2.75) is 20.0 Å². The fourth-order valence-corrected chi connectivity index (χ4v) is 3.14. The summed E-state index contributed by atoms with van der Waals surface area (Å²) in [6, 6.07) is 17.0. The van der Waals surface area contributed by atoms with Gasteiger partial charge in [0.1, 0.15) is 12.9 Å². The van der Waals surface area contributed by atoms with E-state index in [4.69, 9.17) is 4.84 Å². The van der Waals surface area contributed by atoms with Crippen LogP contribution in [-0.4, -0.2) is 26.2 Å². The molecule has 3 aromatic heterocycles. The molecule has 7 heteroatoms. The summed E-state index contributed by atoms with van der Waals surface area (Å²) < 4.78 is 1.24. The van der Waals surface area contributed by atoms with Gasteiger partial charge in [-0.15, -0.1) is 4.73 Å². The van der Waals surface area contributed by atoms with Gasteiger partial charge in [-0.1, -0.05) is 36.4 Å². The number of aryl methyl sites for hydroxylation is 1. The molecule has 0 radical (unpaired) electrons. The molecule has 4 aromatic rings. The Morgan fingerprint density at radius 3 is 2.66 bits per heavy atom. The number of aromatic nitrogens is 4. The van der Waals surface area contributed by atoms with E-state index in [1.165, 1.54) is 17.1 Å². The van der Waals surface area contributed by atoms with E-state index in [1.807, 2.05) is 55.5 Å². The van der Waals surface area contributed by atoms with Crippen molar-refractivity contribution in [3.8, 4) is 0 Å². The monoisotopic (exact) mass is 387 g/mol. The van der Waals surface area contributed by atoms with Crippen molar-refractivity contribution in [3.63, 3.8) is 0 Å². The number of hydrogen-bond donors (Lipinski definition) is 1. The summed E-state index contributed by atoms with van der Waals surface area (Å²) in [5, 5.41) is 4.09. The van der Waals surface area contributed by atoms with Crippen LogP contribution >= 0.6 is 0 Å². The van der Waals surface area contributed by atoms with E-state index >= 15 is 0 Å². The highest BCUT2D eigenvalue weighted by atomic mass is 16.7. The molecule has 0 aliphatic rings. The first-order valence-electron chi connectivity index (χ1n) is 9.41. The van der Waals surface area contributed by atoms with Crippen molar-refractivity contribution >= 4 is 16.7 Å². The molecule has 29 heavy (non-hydrogen) atoms. The van der Waals surface area contributed by atoms with Gasteiger partial charge in [-0.25, -0.2) is 9.97 Å². The van der Waals surface area contributed by atoms with E-state index in [0.717, 1.165) is 28.8 Å². The van der Waals surface area contributed by atoms with E-state index in [0.29, 0.717) is 17.9 Å². The standard InChI is InChI=1S/C22H21N5O2/c1-16-21-19(24-12-10-18-9-5-6-11-23-18)13-20(28)27(22(21)26-15-25-16)29-14-17-7-3-2-4-8-17/h2-9,11,13,15,24H,10,12,14H2,1H3. The molecule has 0 aliphatic carbocycles. The number of nitrogens with one attached hydrogen (secondary N) is 1. The summed E-state index contributed by atoms with van der Waals surface area (Å²) >= 11 is 0. The minimum absolute atomic E-state index is 0.269. The van der Waals surface area contributed by atoms with Crippen LogP contribution in [0.5, 0.6) is 0 Å². The first kappa shape index (κ1) is 18.6. The largest absolute Gasteiger partial charge is 0.404 e. The summed E-state index contributed by atoms with van der Waals surface area (Å²) in [6.07, 6.45) is 3.95. The molecule has 3 heterocycles. The van der Waals surface area contributed by atoms with Gasteiger partial charge in [0.15, 0.2) is 5.65 Å². The van der Waals surface area contributed by atoms with Gasteiger partial charge in [0, 0.05) is 30.9 Å². The SMILES string of the molecule is Cc1ncnc2c1c(NCCc1ccccn1)cc(=O)n2OCc1ccccc1. The van der Waals surface area contributed by atoms with E-state index in [2.05, 4.69) is 20.3 Å². The summed E-state index contributed by atoms with van der Waals surface area (Å²) in [6.45, 7) is 2.79. The molecule has 0 fully saturated rings. The third-order valence-electron chi connectivity index (χ3n) is 4.57.